The average molecular weight is 370 g/mol. The van der Waals surface area contributed by atoms with Crippen molar-refractivity contribution < 1.29 is 9.53 Å². The number of pyridine rings is 1. The van der Waals surface area contributed by atoms with E-state index in [2.05, 4.69) is 21.7 Å². The minimum Gasteiger partial charge on any atom is -0.481 e. The predicted octanol–water partition coefficient (Wildman–Crippen LogP) is 3.73. The number of amides is 1. The van der Waals surface area contributed by atoms with Gasteiger partial charge in [0, 0.05) is 10.9 Å². The largest absolute Gasteiger partial charge is 0.481 e. The Morgan fingerprint density at radius 1 is 1.35 bits per heavy atom. The molecule has 1 aliphatic carbocycles. The minimum absolute atomic E-state index is 0.172. The molecule has 2 aromatic heterocycles. The first-order chi connectivity index (χ1) is 12.6. The van der Waals surface area contributed by atoms with Crippen molar-refractivity contribution in [1.29, 1.82) is 5.26 Å². The normalized spacial score (nSPS) is 14.5. The molecule has 0 saturated heterocycles. The van der Waals surface area contributed by atoms with E-state index in [0.717, 1.165) is 36.9 Å². The number of thiophene rings is 1. The summed E-state index contributed by atoms with van der Waals surface area (Å²) < 4.78 is 5.03. The molecule has 1 amide bonds. The zero-order valence-electron chi connectivity index (χ0n) is 15.0. The Bertz CT molecular complexity index is 823. The molecule has 2 N–H and O–H groups in total. The molecule has 2 aromatic rings. The van der Waals surface area contributed by atoms with Crippen LogP contribution in [0, 0.1) is 11.3 Å². The third-order valence-electron chi connectivity index (χ3n) is 4.49. The maximum Gasteiger partial charge on any atom is 0.247 e. The van der Waals surface area contributed by atoms with Crippen LogP contribution in [0.1, 0.15) is 42.2 Å². The summed E-state index contributed by atoms with van der Waals surface area (Å²) in [7, 11) is 1.56. The number of nitrogens with one attached hydrogen (secondary N) is 2. The molecule has 26 heavy (non-hydrogen) atoms. The van der Waals surface area contributed by atoms with Gasteiger partial charge in [0.2, 0.25) is 11.8 Å². The summed E-state index contributed by atoms with van der Waals surface area (Å²) in [6.07, 6.45) is 7.00. The van der Waals surface area contributed by atoms with Crippen molar-refractivity contribution >= 4 is 27.9 Å². The number of nitrogens with zero attached hydrogens (tertiary/aromatic N) is 2. The van der Waals surface area contributed by atoms with E-state index in [1.807, 2.05) is 6.07 Å². The third kappa shape index (κ3) is 3.97. The van der Waals surface area contributed by atoms with Gasteiger partial charge in [-0.3, -0.25) is 4.79 Å². The Kier molecular flexibility index (Phi) is 5.74. The molecule has 0 spiro atoms. The number of hydrogen-bond donors (Lipinski definition) is 2. The number of anilines is 2. The molecule has 0 aliphatic heterocycles. The van der Waals surface area contributed by atoms with Crippen molar-refractivity contribution in [2.45, 2.75) is 45.1 Å². The first kappa shape index (κ1) is 18.2. The smallest absolute Gasteiger partial charge is 0.247 e. The van der Waals surface area contributed by atoms with Crippen LogP contribution in [0.25, 0.3) is 0 Å². The number of rotatable bonds is 5. The van der Waals surface area contributed by atoms with Crippen molar-refractivity contribution in [1.82, 2.24) is 4.98 Å². The van der Waals surface area contributed by atoms with Crippen LogP contribution in [0.2, 0.25) is 0 Å². The third-order valence-corrected chi connectivity index (χ3v) is 5.70. The molecule has 3 rings (SSSR count). The van der Waals surface area contributed by atoms with Crippen LogP contribution in [0.15, 0.2) is 18.3 Å². The lowest BCUT2D eigenvalue weighted by molar-refractivity contribution is -0.116. The standard InChI is InChI=1S/C19H22N4O2S/c1-12(22-13-8-9-17(25-2)21-11-13)18(24)23-19-15(10-20)14-6-4-3-5-7-16(14)26-19/h8-9,11-12,22H,3-7H2,1-2H3,(H,23,24)/t12-/m1/s1. The fraction of sp³-hybridized carbons (Fsp3) is 0.421. The summed E-state index contributed by atoms with van der Waals surface area (Å²) in [5.74, 6) is 0.347. The molecule has 1 aliphatic rings. The Labute approximate surface area is 157 Å². The van der Waals surface area contributed by atoms with Crippen molar-refractivity contribution in [3.05, 3.63) is 34.3 Å². The zero-order valence-corrected chi connectivity index (χ0v) is 15.8. The minimum atomic E-state index is -0.460. The van der Waals surface area contributed by atoms with Crippen LogP contribution < -0.4 is 15.4 Å². The van der Waals surface area contributed by atoms with Gasteiger partial charge in [-0.25, -0.2) is 4.98 Å². The Hall–Kier alpha value is -2.59. The highest BCUT2D eigenvalue weighted by atomic mass is 32.1. The number of nitriles is 1. The molecule has 7 heteroatoms. The van der Waals surface area contributed by atoms with Crippen LogP contribution >= 0.6 is 11.3 Å². The van der Waals surface area contributed by atoms with Gasteiger partial charge in [0.05, 0.1) is 24.6 Å². The topological polar surface area (TPSA) is 87.0 Å². The molecular weight excluding hydrogens is 348 g/mol. The lowest BCUT2D eigenvalue weighted by Crippen LogP contribution is -2.31. The molecule has 0 fully saturated rings. The van der Waals surface area contributed by atoms with Gasteiger partial charge >= 0.3 is 0 Å². The molecule has 6 nitrogen and oxygen atoms in total. The Morgan fingerprint density at radius 2 is 2.15 bits per heavy atom. The monoisotopic (exact) mass is 370 g/mol. The van der Waals surface area contributed by atoms with Crippen LogP contribution in [0.4, 0.5) is 10.7 Å². The summed E-state index contributed by atoms with van der Waals surface area (Å²) in [4.78, 5) is 17.9. The van der Waals surface area contributed by atoms with Crippen molar-refractivity contribution in [2.75, 3.05) is 17.7 Å². The molecule has 1 atom stereocenters. The summed E-state index contributed by atoms with van der Waals surface area (Å²) in [5.41, 5.74) is 2.50. The highest BCUT2D eigenvalue weighted by molar-refractivity contribution is 7.16. The number of carbonyl (C=O) groups is 1. The number of fused-ring (bicyclic) bond motifs is 1. The van der Waals surface area contributed by atoms with Crippen LogP contribution in [0.5, 0.6) is 5.88 Å². The molecule has 0 unspecified atom stereocenters. The van der Waals surface area contributed by atoms with E-state index in [1.165, 1.54) is 11.3 Å². The highest BCUT2D eigenvalue weighted by Gasteiger charge is 2.22. The summed E-state index contributed by atoms with van der Waals surface area (Å²) >= 11 is 1.55. The molecular formula is C19H22N4O2S. The number of ether oxygens (including phenoxy) is 1. The first-order valence-electron chi connectivity index (χ1n) is 8.74. The van der Waals surface area contributed by atoms with Gasteiger partial charge in [-0.2, -0.15) is 5.26 Å². The SMILES string of the molecule is COc1ccc(N[C@H](C)C(=O)Nc2sc3c(c2C#N)CCCCC3)cn1. The Balaban J connectivity index is 1.70. The maximum atomic E-state index is 12.6. The highest BCUT2D eigenvalue weighted by Crippen LogP contribution is 2.37. The molecule has 0 saturated carbocycles. The van der Waals surface area contributed by atoms with Gasteiger partial charge < -0.3 is 15.4 Å². The second-order valence-electron chi connectivity index (χ2n) is 6.32. The van der Waals surface area contributed by atoms with Gasteiger partial charge in [-0.15, -0.1) is 11.3 Å². The van der Waals surface area contributed by atoms with Crippen LogP contribution in [0.3, 0.4) is 0 Å². The fourth-order valence-corrected chi connectivity index (χ4v) is 4.31. The summed E-state index contributed by atoms with van der Waals surface area (Å²) in [5, 5.41) is 16.3. The van der Waals surface area contributed by atoms with E-state index in [-0.39, 0.29) is 5.91 Å². The molecule has 0 bridgehead atoms. The van der Waals surface area contributed by atoms with Gasteiger partial charge in [-0.1, -0.05) is 6.42 Å². The van der Waals surface area contributed by atoms with Gasteiger partial charge in [0.25, 0.3) is 0 Å². The van der Waals surface area contributed by atoms with Crippen molar-refractivity contribution in [3.8, 4) is 11.9 Å². The van der Waals surface area contributed by atoms with Crippen molar-refractivity contribution in [2.24, 2.45) is 0 Å². The van der Waals surface area contributed by atoms with E-state index >= 15 is 0 Å². The van der Waals surface area contributed by atoms with E-state index < -0.39 is 6.04 Å². The fourth-order valence-electron chi connectivity index (χ4n) is 3.07. The maximum absolute atomic E-state index is 12.6. The average Bonchev–Trinajstić information content (AvgIpc) is 2.81. The van der Waals surface area contributed by atoms with E-state index in [9.17, 15) is 10.1 Å². The van der Waals surface area contributed by atoms with E-state index in [4.69, 9.17) is 4.74 Å². The lowest BCUT2D eigenvalue weighted by Gasteiger charge is -2.14. The number of hydrogen-bond acceptors (Lipinski definition) is 6. The lowest BCUT2D eigenvalue weighted by atomic mass is 10.1. The first-order valence-corrected chi connectivity index (χ1v) is 9.56. The number of aryl methyl sites for hydroxylation is 1. The molecule has 136 valence electrons. The Morgan fingerprint density at radius 3 is 2.85 bits per heavy atom. The van der Waals surface area contributed by atoms with E-state index in [0.29, 0.717) is 16.4 Å². The number of carbonyl (C=O) groups excluding carboxylic acids is 1. The van der Waals surface area contributed by atoms with Gasteiger partial charge in [-0.05, 0) is 44.2 Å². The van der Waals surface area contributed by atoms with Gasteiger partial charge in [0.15, 0.2) is 0 Å². The second kappa shape index (κ2) is 8.19. The summed E-state index contributed by atoms with van der Waals surface area (Å²) in [6, 6.07) is 5.37. The number of aromatic nitrogens is 1. The van der Waals surface area contributed by atoms with E-state index in [1.54, 1.807) is 37.6 Å². The molecule has 0 aromatic carbocycles. The second-order valence-corrected chi connectivity index (χ2v) is 7.43. The summed E-state index contributed by atoms with van der Waals surface area (Å²) in [6.45, 7) is 1.78. The number of methoxy groups -OCH3 is 1. The van der Waals surface area contributed by atoms with Crippen molar-refractivity contribution in [3.63, 3.8) is 0 Å². The quantitative estimate of drug-likeness (QED) is 0.783. The predicted molar refractivity (Wildman–Crippen MR) is 103 cm³/mol. The van der Waals surface area contributed by atoms with Crippen LogP contribution in [-0.4, -0.2) is 24.0 Å². The molecule has 2 heterocycles. The zero-order chi connectivity index (χ0) is 18.5. The van der Waals surface area contributed by atoms with Crippen LogP contribution in [-0.2, 0) is 17.6 Å². The van der Waals surface area contributed by atoms with Gasteiger partial charge in [0.1, 0.15) is 17.1 Å². The molecule has 0 radical (unpaired) electrons.